The number of rotatable bonds is 4. The number of thiazole rings is 1. The van der Waals surface area contributed by atoms with Gasteiger partial charge in [0.1, 0.15) is 5.75 Å². The van der Waals surface area contributed by atoms with Crippen molar-refractivity contribution >= 4 is 39.0 Å². The minimum absolute atomic E-state index is 0. The number of anilines is 1. The lowest BCUT2D eigenvalue weighted by molar-refractivity contribution is 0.414. The highest BCUT2D eigenvalue weighted by Gasteiger charge is 2.33. The largest absolute Gasteiger partial charge is 0.497 e. The molecule has 1 unspecified atom stereocenters. The summed E-state index contributed by atoms with van der Waals surface area (Å²) in [6, 6.07) is 24.8. The third kappa shape index (κ3) is 3.58. The van der Waals surface area contributed by atoms with Gasteiger partial charge in [-0.05, 0) is 47.9 Å². The molecule has 33 heavy (non-hydrogen) atoms. The number of methoxy groups -OCH3 is 1. The van der Waals surface area contributed by atoms with E-state index in [1.54, 1.807) is 18.4 Å². The van der Waals surface area contributed by atoms with E-state index >= 15 is 0 Å². The van der Waals surface area contributed by atoms with Crippen LogP contribution in [0.1, 0.15) is 24.3 Å². The van der Waals surface area contributed by atoms with Gasteiger partial charge in [0.05, 0.1) is 18.8 Å². The van der Waals surface area contributed by atoms with Gasteiger partial charge in [0.25, 0.3) is 0 Å². The molecule has 1 N–H and O–H groups in total. The Kier molecular flexibility index (Phi) is 5.08. The van der Waals surface area contributed by atoms with E-state index in [-0.39, 0.29) is 7.47 Å². The van der Waals surface area contributed by atoms with Gasteiger partial charge in [0, 0.05) is 40.5 Å². The molecule has 0 saturated heterocycles. The van der Waals surface area contributed by atoms with E-state index in [4.69, 9.17) is 21.3 Å². The summed E-state index contributed by atoms with van der Waals surface area (Å²) < 4.78 is 5.40. The van der Waals surface area contributed by atoms with Gasteiger partial charge in [-0.3, -0.25) is 0 Å². The molecule has 5 aromatic rings. The Labute approximate surface area is 202 Å². The first-order valence-corrected chi connectivity index (χ1v) is 12.2. The quantitative estimate of drug-likeness (QED) is 0.296. The normalized spacial score (nSPS) is 15.6. The summed E-state index contributed by atoms with van der Waals surface area (Å²) in [4.78, 5) is 11.2. The number of ether oxygens (including phenoxy) is 1. The van der Waals surface area contributed by atoms with E-state index in [0.29, 0.717) is 0 Å². The predicted octanol–water partition coefficient (Wildman–Crippen LogP) is 7.35. The summed E-state index contributed by atoms with van der Waals surface area (Å²) in [6.07, 6.45) is 0.933. The van der Waals surface area contributed by atoms with Crippen LogP contribution < -0.4 is 9.64 Å². The first-order chi connectivity index (χ1) is 16.2. The highest BCUT2D eigenvalue weighted by Crippen LogP contribution is 2.43. The monoisotopic (exact) mass is 473 g/mol. The van der Waals surface area contributed by atoms with Crippen LogP contribution in [0.5, 0.6) is 5.75 Å². The fourth-order valence-electron chi connectivity index (χ4n) is 4.74. The molecule has 0 radical (unpaired) electrons. The maximum absolute atomic E-state index is 6.34. The maximum Gasteiger partial charge on any atom is 0.186 e. The van der Waals surface area contributed by atoms with Gasteiger partial charge in [-0.15, -0.1) is 11.3 Å². The summed E-state index contributed by atoms with van der Waals surface area (Å²) in [5, 5.41) is 5.15. The molecule has 4 nitrogen and oxygen atoms in total. The molecule has 3 aromatic carbocycles. The van der Waals surface area contributed by atoms with E-state index in [2.05, 4.69) is 63.8 Å². The molecule has 0 fully saturated rings. The van der Waals surface area contributed by atoms with Crippen LogP contribution in [-0.2, 0) is 6.42 Å². The van der Waals surface area contributed by atoms with E-state index in [1.165, 1.54) is 22.2 Å². The lowest BCUT2D eigenvalue weighted by Gasteiger charge is -2.36. The van der Waals surface area contributed by atoms with Crippen molar-refractivity contribution in [1.82, 2.24) is 9.97 Å². The zero-order chi connectivity index (χ0) is 22.4. The molecule has 0 aliphatic carbocycles. The first-order valence-electron chi connectivity index (χ1n) is 10.9. The van der Waals surface area contributed by atoms with E-state index in [1.807, 2.05) is 24.3 Å². The number of nitrogens with one attached hydrogen (secondary N) is 1. The third-order valence-electron chi connectivity index (χ3n) is 6.33. The molecule has 0 spiro atoms. The van der Waals surface area contributed by atoms with Crippen molar-refractivity contribution in [3.05, 3.63) is 100 Å². The Hall–Kier alpha value is -3.28. The number of halogens is 1. The zero-order valence-corrected chi connectivity index (χ0v) is 19.7. The van der Waals surface area contributed by atoms with Crippen molar-refractivity contribution in [3.8, 4) is 17.0 Å². The van der Waals surface area contributed by atoms with Gasteiger partial charge < -0.3 is 14.6 Å². The summed E-state index contributed by atoms with van der Waals surface area (Å²) >= 11 is 8.04. The minimum Gasteiger partial charge on any atom is -0.497 e. The van der Waals surface area contributed by atoms with E-state index < -0.39 is 0 Å². The van der Waals surface area contributed by atoms with Crippen molar-refractivity contribution in [2.45, 2.75) is 12.5 Å². The summed E-state index contributed by atoms with van der Waals surface area (Å²) in [5.41, 5.74) is 7.02. The summed E-state index contributed by atoms with van der Waals surface area (Å²) in [6.45, 7) is 0.880. The van der Waals surface area contributed by atoms with Crippen LogP contribution in [0.2, 0.25) is 5.02 Å². The standard InChI is InChI=1S/C27H22ClN3OS.H2/c1-32-20-10-7-18(8-11-20)26-25-21(22-15-19(28)9-12-23(22)29-25)13-14-31(26)27-30-24(16-33-27)17-5-3-2-4-6-17;/h2-12,15-16,26,29H,13-14H2,1H3;1H. The van der Waals surface area contributed by atoms with Crippen molar-refractivity contribution < 1.29 is 6.16 Å². The molecule has 1 aliphatic rings. The average Bonchev–Trinajstić information content (AvgIpc) is 3.49. The Morgan fingerprint density at radius 2 is 1.91 bits per heavy atom. The highest BCUT2D eigenvalue weighted by atomic mass is 35.5. The number of aromatic amines is 1. The number of H-pyrrole nitrogens is 1. The number of fused-ring (bicyclic) bond motifs is 3. The molecular weight excluding hydrogens is 450 g/mol. The molecule has 6 heteroatoms. The second kappa shape index (κ2) is 8.25. The van der Waals surface area contributed by atoms with Crippen LogP contribution in [0.4, 0.5) is 5.13 Å². The summed E-state index contributed by atoms with van der Waals surface area (Å²) in [5.74, 6) is 0.852. The van der Waals surface area contributed by atoms with Crippen LogP contribution in [0, 0.1) is 0 Å². The molecule has 3 heterocycles. The van der Waals surface area contributed by atoms with Crippen molar-refractivity contribution in [2.24, 2.45) is 0 Å². The molecular formula is C27H24ClN3OS. The fourth-order valence-corrected chi connectivity index (χ4v) is 5.80. The van der Waals surface area contributed by atoms with Gasteiger partial charge in [-0.1, -0.05) is 54.1 Å². The van der Waals surface area contributed by atoms with Gasteiger partial charge in [-0.2, -0.15) is 0 Å². The third-order valence-corrected chi connectivity index (χ3v) is 7.44. The maximum atomic E-state index is 6.34. The number of aromatic nitrogens is 2. The molecule has 0 bridgehead atoms. The molecule has 0 amide bonds. The van der Waals surface area contributed by atoms with Crippen LogP contribution in [0.25, 0.3) is 22.2 Å². The highest BCUT2D eigenvalue weighted by molar-refractivity contribution is 7.14. The topological polar surface area (TPSA) is 41.1 Å². The van der Waals surface area contributed by atoms with Crippen LogP contribution in [-0.4, -0.2) is 23.6 Å². The van der Waals surface area contributed by atoms with Crippen LogP contribution in [0.15, 0.2) is 78.2 Å². The lowest BCUT2D eigenvalue weighted by atomic mass is 9.92. The van der Waals surface area contributed by atoms with E-state index in [0.717, 1.165) is 45.6 Å². The molecule has 0 saturated carbocycles. The average molecular weight is 474 g/mol. The number of hydrogen-bond donors (Lipinski definition) is 1. The molecule has 6 rings (SSSR count). The number of nitrogens with zero attached hydrogens (tertiary/aromatic N) is 2. The fraction of sp³-hybridized carbons (Fsp3) is 0.148. The first kappa shape index (κ1) is 20.3. The Balaban J connectivity index is 0.00000241. The van der Waals surface area contributed by atoms with Gasteiger partial charge >= 0.3 is 0 Å². The second-order valence-electron chi connectivity index (χ2n) is 8.21. The van der Waals surface area contributed by atoms with Gasteiger partial charge in [-0.25, -0.2) is 4.98 Å². The Morgan fingerprint density at radius 1 is 1.09 bits per heavy atom. The molecule has 1 aliphatic heterocycles. The molecule has 2 aromatic heterocycles. The van der Waals surface area contributed by atoms with Crippen LogP contribution in [0.3, 0.4) is 0 Å². The Bertz CT molecular complexity index is 1430. The zero-order valence-electron chi connectivity index (χ0n) is 18.1. The van der Waals surface area contributed by atoms with Crippen molar-refractivity contribution in [2.75, 3.05) is 18.6 Å². The molecule has 166 valence electrons. The second-order valence-corrected chi connectivity index (χ2v) is 9.48. The summed E-state index contributed by atoms with van der Waals surface area (Å²) in [7, 11) is 1.70. The smallest absolute Gasteiger partial charge is 0.186 e. The van der Waals surface area contributed by atoms with E-state index in [9.17, 15) is 0 Å². The number of hydrogen-bond acceptors (Lipinski definition) is 4. The number of benzene rings is 3. The van der Waals surface area contributed by atoms with Crippen LogP contribution >= 0.6 is 22.9 Å². The predicted molar refractivity (Wildman–Crippen MR) is 139 cm³/mol. The minimum atomic E-state index is 0. The lowest BCUT2D eigenvalue weighted by Crippen LogP contribution is -2.36. The van der Waals surface area contributed by atoms with Gasteiger partial charge in [0.2, 0.25) is 0 Å². The SMILES string of the molecule is COc1ccc(C2c3[nH]c4ccc(Cl)cc4c3CCN2c2nc(-c3ccccc3)cs2)cc1.[HH]. The Morgan fingerprint density at radius 3 is 2.70 bits per heavy atom. The van der Waals surface area contributed by atoms with Crippen molar-refractivity contribution in [3.63, 3.8) is 0 Å². The van der Waals surface area contributed by atoms with Gasteiger partial charge in [0.15, 0.2) is 5.13 Å². The van der Waals surface area contributed by atoms with Crippen molar-refractivity contribution in [1.29, 1.82) is 0 Å². The molecule has 1 atom stereocenters.